The summed E-state index contributed by atoms with van der Waals surface area (Å²) in [4.78, 5) is 0. The van der Waals surface area contributed by atoms with Gasteiger partial charge in [0, 0.05) is 0 Å². The van der Waals surface area contributed by atoms with Gasteiger partial charge in [-0.25, -0.2) is 0 Å². The van der Waals surface area contributed by atoms with E-state index in [2.05, 4.69) is 11.8 Å². The Kier molecular flexibility index (Phi) is 15.5. The van der Waals surface area contributed by atoms with Gasteiger partial charge >= 0.3 is 58.2 Å². The van der Waals surface area contributed by atoms with Gasteiger partial charge in [-0.05, 0) is 17.4 Å². The van der Waals surface area contributed by atoms with Crippen LogP contribution in [0, 0.1) is 11.8 Å². The Morgan fingerprint density at radius 1 is 1.70 bits per heavy atom. The quantitative estimate of drug-likeness (QED) is 0.430. The molecule has 0 N–H and O–H groups in total. The van der Waals surface area contributed by atoms with Crippen molar-refractivity contribution in [2.24, 2.45) is 0 Å². The minimum Gasteiger partial charge on any atom is -0.848 e. The van der Waals surface area contributed by atoms with E-state index in [4.69, 9.17) is 0 Å². The molecule has 0 heterocycles. The van der Waals surface area contributed by atoms with Crippen LogP contribution in [0.25, 0.3) is 0 Å². The Bertz CT molecular complexity index is 145. The van der Waals surface area contributed by atoms with Gasteiger partial charge in [0.2, 0.25) is 0 Å². The molecule has 0 aliphatic heterocycles. The van der Waals surface area contributed by atoms with E-state index in [9.17, 15) is 5.11 Å². The molecule has 0 unspecified atom stereocenters. The molecular formula is C7H8IORb. The number of hydrogen-bond acceptors (Lipinski definition) is 1. The van der Waals surface area contributed by atoms with Gasteiger partial charge in [-0.3, -0.25) is 0 Å². The molecular weight excluding hydrogens is 312 g/mol. The predicted molar refractivity (Wildman–Crippen MR) is 45.0 cm³/mol. The summed E-state index contributed by atoms with van der Waals surface area (Å²) in [6, 6.07) is 0. The van der Waals surface area contributed by atoms with Gasteiger partial charge < -0.3 is 5.11 Å². The third-order valence-electron chi connectivity index (χ3n) is 0.767. The molecule has 0 rings (SSSR count). The molecule has 0 aliphatic rings. The fourth-order valence-electron chi connectivity index (χ4n) is 0.352. The second-order valence-corrected chi connectivity index (χ2v) is 2.21. The standard InChI is InChI=1S/C7H8IO.Rb/c1-2-3-4-7(9)5-6-8;/h5-7H,4H2,1H3;/q-1;+1/b6-5+;/t7-;/m1./s1. The fourth-order valence-corrected chi connectivity index (χ4v) is 0.815. The molecule has 1 atom stereocenters. The van der Waals surface area contributed by atoms with E-state index < -0.39 is 6.10 Å². The Hall–Kier alpha value is 1.80. The largest absolute Gasteiger partial charge is 1.00 e. The normalized spacial score (nSPS) is 11.5. The molecule has 0 bridgehead atoms. The van der Waals surface area contributed by atoms with E-state index in [1.807, 2.05) is 22.6 Å². The maximum Gasteiger partial charge on any atom is 1.00 e. The molecule has 0 aromatic heterocycles. The maximum atomic E-state index is 10.7. The summed E-state index contributed by atoms with van der Waals surface area (Å²) in [6.45, 7) is 1.74. The summed E-state index contributed by atoms with van der Waals surface area (Å²) in [7, 11) is 0. The first-order valence-electron chi connectivity index (χ1n) is 2.63. The first-order valence-corrected chi connectivity index (χ1v) is 3.88. The van der Waals surface area contributed by atoms with Crippen LogP contribution in [0.4, 0.5) is 0 Å². The van der Waals surface area contributed by atoms with E-state index in [0.717, 1.165) is 0 Å². The number of rotatable bonds is 2. The van der Waals surface area contributed by atoms with Gasteiger partial charge in [0.25, 0.3) is 0 Å². The van der Waals surface area contributed by atoms with Gasteiger partial charge in [-0.15, -0.1) is 11.8 Å². The molecule has 50 valence electrons. The maximum absolute atomic E-state index is 10.7. The minimum absolute atomic E-state index is 0. The van der Waals surface area contributed by atoms with Crippen LogP contribution in [0.2, 0.25) is 0 Å². The van der Waals surface area contributed by atoms with E-state index >= 15 is 0 Å². The van der Waals surface area contributed by atoms with Crippen molar-refractivity contribution in [1.29, 1.82) is 0 Å². The topological polar surface area (TPSA) is 23.1 Å². The SMILES string of the molecule is CC#CC[C@@H]([O-])/C=C/I.[Rb+]. The molecule has 0 saturated carbocycles. The van der Waals surface area contributed by atoms with E-state index in [1.165, 1.54) is 0 Å². The van der Waals surface area contributed by atoms with Crippen LogP contribution in [0.5, 0.6) is 0 Å². The number of hydrogen-bond donors (Lipinski definition) is 0. The zero-order valence-corrected chi connectivity index (χ0v) is 13.3. The first kappa shape index (κ1) is 14.3. The summed E-state index contributed by atoms with van der Waals surface area (Å²) in [6.07, 6.45) is 1.38. The molecule has 0 amide bonds. The van der Waals surface area contributed by atoms with Gasteiger partial charge in [0.15, 0.2) is 0 Å². The van der Waals surface area contributed by atoms with Crippen LogP contribution in [-0.4, -0.2) is 6.10 Å². The molecule has 10 heavy (non-hydrogen) atoms. The number of halogens is 1. The fraction of sp³-hybridized carbons (Fsp3) is 0.429. The monoisotopic (exact) mass is 320 g/mol. The summed E-state index contributed by atoms with van der Waals surface area (Å²) in [5, 5.41) is 10.7. The van der Waals surface area contributed by atoms with Gasteiger partial charge in [-0.1, -0.05) is 34.8 Å². The zero-order chi connectivity index (χ0) is 7.11. The van der Waals surface area contributed by atoms with Gasteiger partial charge in [-0.2, -0.15) is 0 Å². The summed E-state index contributed by atoms with van der Waals surface area (Å²) < 4.78 is 1.73. The zero-order valence-electron chi connectivity index (χ0n) is 6.23. The van der Waals surface area contributed by atoms with E-state index in [1.54, 1.807) is 17.1 Å². The second kappa shape index (κ2) is 10.8. The van der Waals surface area contributed by atoms with Crippen molar-refractivity contribution in [2.45, 2.75) is 19.4 Å². The van der Waals surface area contributed by atoms with E-state index in [-0.39, 0.29) is 58.2 Å². The average Bonchev–Trinajstić information content (AvgIpc) is 1.85. The molecule has 0 aliphatic carbocycles. The molecule has 1 nitrogen and oxygen atoms in total. The van der Waals surface area contributed by atoms with Crippen molar-refractivity contribution < 1.29 is 63.3 Å². The van der Waals surface area contributed by atoms with E-state index in [0.29, 0.717) is 6.42 Å². The van der Waals surface area contributed by atoms with Crippen LogP contribution < -0.4 is 63.3 Å². The Morgan fingerprint density at radius 2 is 2.30 bits per heavy atom. The Labute approximate surface area is 125 Å². The van der Waals surface area contributed by atoms with Crippen molar-refractivity contribution in [3.8, 4) is 11.8 Å². The molecule has 0 fully saturated rings. The van der Waals surface area contributed by atoms with Crippen LogP contribution in [0.3, 0.4) is 0 Å². The second-order valence-electron chi connectivity index (χ2n) is 1.49. The molecule has 0 saturated heterocycles. The van der Waals surface area contributed by atoms with Crippen LogP contribution in [0.15, 0.2) is 10.2 Å². The summed E-state index contributed by atoms with van der Waals surface area (Å²) >= 11 is 2.03. The average molecular weight is 321 g/mol. The van der Waals surface area contributed by atoms with Crippen molar-refractivity contribution in [2.75, 3.05) is 0 Å². The Morgan fingerprint density at radius 3 is 2.70 bits per heavy atom. The van der Waals surface area contributed by atoms with Crippen molar-refractivity contribution in [1.82, 2.24) is 0 Å². The molecule has 0 spiro atoms. The van der Waals surface area contributed by atoms with Crippen molar-refractivity contribution in [3.05, 3.63) is 10.2 Å². The smallest absolute Gasteiger partial charge is 0.848 e. The van der Waals surface area contributed by atoms with Crippen molar-refractivity contribution in [3.63, 3.8) is 0 Å². The summed E-state index contributed by atoms with van der Waals surface area (Å²) in [5.41, 5.74) is 0. The molecule has 0 aromatic rings. The van der Waals surface area contributed by atoms with Gasteiger partial charge in [0.05, 0.1) is 0 Å². The summed E-state index contributed by atoms with van der Waals surface area (Å²) in [5.74, 6) is 5.39. The molecule has 3 heteroatoms. The molecule has 0 aromatic carbocycles. The molecule has 0 radical (unpaired) electrons. The third-order valence-corrected chi connectivity index (χ3v) is 1.18. The van der Waals surface area contributed by atoms with Gasteiger partial charge in [0.1, 0.15) is 0 Å². The third kappa shape index (κ3) is 9.80. The Balaban J connectivity index is 0. The van der Waals surface area contributed by atoms with Crippen LogP contribution in [-0.2, 0) is 0 Å². The first-order chi connectivity index (χ1) is 4.31. The van der Waals surface area contributed by atoms with Crippen LogP contribution >= 0.6 is 22.6 Å². The predicted octanol–water partition coefficient (Wildman–Crippen LogP) is -1.92. The minimum atomic E-state index is -0.644. The van der Waals surface area contributed by atoms with Crippen molar-refractivity contribution >= 4 is 22.6 Å². The van der Waals surface area contributed by atoms with Crippen LogP contribution in [0.1, 0.15) is 13.3 Å².